The summed E-state index contributed by atoms with van der Waals surface area (Å²) in [5, 5.41) is 0. The van der Waals surface area contributed by atoms with Crippen LogP contribution in [0.1, 0.15) is 36.5 Å². The molecular weight excluding hydrogens is 266 g/mol. The van der Waals surface area contributed by atoms with Gasteiger partial charge in [0.25, 0.3) is 0 Å². The van der Waals surface area contributed by atoms with Crippen LogP contribution >= 0.6 is 0 Å². The van der Waals surface area contributed by atoms with E-state index in [0.717, 1.165) is 6.04 Å². The number of benzene rings is 2. The van der Waals surface area contributed by atoms with Gasteiger partial charge in [0.05, 0.1) is 0 Å². The van der Waals surface area contributed by atoms with E-state index in [1.807, 2.05) is 0 Å². The Bertz CT molecular complexity index is 648. The van der Waals surface area contributed by atoms with E-state index >= 15 is 0 Å². The van der Waals surface area contributed by atoms with Gasteiger partial charge in [-0.25, -0.2) is 0 Å². The molecule has 0 spiro atoms. The van der Waals surface area contributed by atoms with Gasteiger partial charge in [0.15, 0.2) is 0 Å². The average molecular weight is 291 g/mol. The Morgan fingerprint density at radius 3 is 2.68 bits per heavy atom. The SMILES string of the molecule is CC12CCN(CCc3ccccc3)C(Cc3ccccc31)C2. The Hall–Kier alpha value is -1.60. The quantitative estimate of drug-likeness (QED) is 0.819. The third kappa shape index (κ3) is 2.48. The van der Waals surface area contributed by atoms with Gasteiger partial charge in [-0.15, -0.1) is 0 Å². The first-order valence-electron chi connectivity index (χ1n) is 8.61. The van der Waals surface area contributed by atoms with Crippen molar-refractivity contribution in [3.05, 3.63) is 71.3 Å². The van der Waals surface area contributed by atoms with Crippen LogP contribution in [0.15, 0.2) is 54.6 Å². The van der Waals surface area contributed by atoms with Gasteiger partial charge in [-0.3, -0.25) is 4.90 Å². The molecular formula is C21H25N. The predicted molar refractivity (Wildman–Crippen MR) is 92.2 cm³/mol. The van der Waals surface area contributed by atoms with Gasteiger partial charge in [0.1, 0.15) is 0 Å². The minimum absolute atomic E-state index is 0.406. The first-order chi connectivity index (χ1) is 10.7. The van der Waals surface area contributed by atoms with Crippen molar-refractivity contribution in [2.24, 2.45) is 0 Å². The van der Waals surface area contributed by atoms with Gasteiger partial charge in [-0.2, -0.15) is 0 Å². The summed E-state index contributed by atoms with van der Waals surface area (Å²) in [6, 6.07) is 20.8. The summed E-state index contributed by atoms with van der Waals surface area (Å²) in [5.41, 5.74) is 5.08. The van der Waals surface area contributed by atoms with Crippen molar-refractivity contribution in [3.8, 4) is 0 Å². The molecule has 114 valence electrons. The molecule has 2 aliphatic rings. The van der Waals surface area contributed by atoms with E-state index in [4.69, 9.17) is 0 Å². The molecule has 0 N–H and O–H groups in total. The number of hydrogen-bond acceptors (Lipinski definition) is 1. The Kier molecular flexibility index (Phi) is 3.54. The normalized spacial score (nSPS) is 27.4. The van der Waals surface area contributed by atoms with Gasteiger partial charge in [0.2, 0.25) is 0 Å². The summed E-state index contributed by atoms with van der Waals surface area (Å²) in [7, 11) is 0. The number of hydrogen-bond donors (Lipinski definition) is 0. The van der Waals surface area contributed by atoms with Crippen molar-refractivity contribution in [2.75, 3.05) is 13.1 Å². The number of fused-ring (bicyclic) bond motifs is 4. The molecule has 2 unspecified atom stereocenters. The molecule has 2 atom stereocenters. The monoisotopic (exact) mass is 291 g/mol. The van der Waals surface area contributed by atoms with Crippen molar-refractivity contribution in [1.82, 2.24) is 4.90 Å². The molecule has 1 nitrogen and oxygen atoms in total. The number of likely N-dealkylation sites (tertiary alicyclic amines) is 1. The Balaban J connectivity index is 1.50. The van der Waals surface area contributed by atoms with Crippen molar-refractivity contribution in [3.63, 3.8) is 0 Å². The Labute approximate surface area is 134 Å². The summed E-state index contributed by atoms with van der Waals surface area (Å²) in [4.78, 5) is 2.74. The van der Waals surface area contributed by atoms with Gasteiger partial charge < -0.3 is 0 Å². The minimum Gasteiger partial charge on any atom is -0.300 e. The van der Waals surface area contributed by atoms with Crippen LogP contribution in [0, 0.1) is 0 Å². The minimum atomic E-state index is 0.406. The van der Waals surface area contributed by atoms with Crippen LogP contribution in [-0.2, 0) is 18.3 Å². The highest BCUT2D eigenvalue weighted by atomic mass is 15.2. The van der Waals surface area contributed by atoms with Gasteiger partial charge >= 0.3 is 0 Å². The van der Waals surface area contributed by atoms with E-state index in [2.05, 4.69) is 66.4 Å². The van der Waals surface area contributed by atoms with Crippen molar-refractivity contribution < 1.29 is 0 Å². The molecule has 22 heavy (non-hydrogen) atoms. The lowest BCUT2D eigenvalue weighted by atomic mass is 9.65. The highest BCUT2D eigenvalue weighted by Crippen LogP contribution is 2.44. The maximum atomic E-state index is 2.74. The zero-order valence-corrected chi connectivity index (χ0v) is 13.5. The van der Waals surface area contributed by atoms with E-state index < -0.39 is 0 Å². The molecule has 0 amide bonds. The third-order valence-corrected chi connectivity index (χ3v) is 5.81. The summed E-state index contributed by atoms with van der Waals surface area (Å²) < 4.78 is 0. The lowest BCUT2D eigenvalue weighted by Gasteiger charge is -2.50. The van der Waals surface area contributed by atoms with Crippen LogP contribution in [0.2, 0.25) is 0 Å². The average Bonchev–Trinajstić information content (AvgIpc) is 2.55. The molecule has 1 saturated heterocycles. The molecule has 1 aliphatic heterocycles. The van der Waals surface area contributed by atoms with Crippen LogP contribution < -0.4 is 0 Å². The number of piperidine rings is 1. The highest BCUT2D eigenvalue weighted by Gasteiger charge is 2.42. The Morgan fingerprint density at radius 1 is 1.05 bits per heavy atom. The third-order valence-electron chi connectivity index (χ3n) is 5.81. The van der Waals surface area contributed by atoms with Crippen LogP contribution in [0.5, 0.6) is 0 Å². The lowest BCUT2D eigenvalue weighted by Crippen LogP contribution is -2.52. The van der Waals surface area contributed by atoms with E-state index in [0.29, 0.717) is 5.41 Å². The molecule has 2 aromatic carbocycles. The van der Waals surface area contributed by atoms with Gasteiger partial charge in [-0.1, -0.05) is 61.5 Å². The maximum Gasteiger partial charge on any atom is 0.0144 e. The first kappa shape index (κ1) is 14.0. The number of nitrogens with zero attached hydrogens (tertiary/aromatic N) is 1. The van der Waals surface area contributed by atoms with Crippen LogP contribution in [0.25, 0.3) is 0 Å². The molecule has 0 saturated carbocycles. The molecule has 1 heterocycles. The molecule has 2 aromatic rings. The molecule has 1 aliphatic carbocycles. The van der Waals surface area contributed by atoms with E-state index in [1.54, 1.807) is 11.1 Å². The molecule has 1 heteroatoms. The fourth-order valence-corrected chi connectivity index (χ4v) is 4.52. The van der Waals surface area contributed by atoms with Gasteiger partial charge in [0, 0.05) is 12.6 Å². The molecule has 0 radical (unpaired) electrons. The second-order valence-electron chi connectivity index (χ2n) is 7.30. The summed E-state index contributed by atoms with van der Waals surface area (Å²) >= 11 is 0. The first-order valence-corrected chi connectivity index (χ1v) is 8.61. The summed E-state index contributed by atoms with van der Waals surface area (Å²) in [5.74, 6) is 0. The topological polar surface area (TPSA) is 3.24 Å². The molecule has 4 rings (SSSR count). The molecule has 2 bridgehead atoms. The largest absolute Gasteiger partial charge is 0.300 e. The maximum absolute atomic E-state index is 2.74. The molecule has 0 aromatic heterocycles. The Morgan fingerprint density at radius 2 is 1.82 bits per heavy atom. The fourth-order valence-electron chi connectivity index (χ4n) is 4.52. The fraction of sp³-hybridized carbons (Fsp3) is 0.429. The highest BCUT2D eigenvalue weighted by molar-refractivity contribution is 5.38. The summed E-state index contributed by atoms with van der Waals surface area (Å²) in [6.07, 6.45) is 5.05. The van der Waals surface area contributed by atoms with Crippen molar-refractivity contribution in [1.29, 1.82) is 0 Å². The lowest BCUT2D eigenvalue weighted by molar-refractivity contribution is 0.0886. The van der Waals surface area contributed by atoms with Crippen molar-refractivity contribution >= 4 is 0 Å². The second-order valence-corrected chi connectivity index (χ2v) is 7.30. The summed E-state index contributed by atoms with van der Waals surface area (Å²) in [6.45, 7) is 4.93. The van der Waals surface area contributed by atoms with Gasteiger partial charge in [-0.05, 0) is 54.3 Å². The zero-order valence-electron chi connectivity index (χ0n) is 13.5. The number of rotatable bonds is 3. The standard InChI is InChI=1S/C21H25N/c1-21-12-14-22(13-11-17-7-3-2-4-8-17)19(16-21)15-18-9-5-6-10-20(18)21/h2-10,19H,11-16H2,1H3. The molecule has 1 fully saturated rings. The zero-order chi connectivity index (χ0) is 15.0. The van der Waals surface area contributed by atoms with Crippen LogP contribution in [0.3, 0.4) is 0 Å². The van der Waals surface area contributed by atoms with Crippen LogP contribution in [-0.4, -0.2) is 24.0 Å². The van der Waals surface area contributed by atoms with E-state index in [-0.39, 0.29) is 0 Å². The van der Waals surface area contributed by atoms with Crippen LogP contribution in [0.4, 0.5) is 0 Å². The second kappa shape index (κ2) is 5.55. The van der Waals surface area contributed by atoms with E-state index in [1.165, 1.54) is 44.3 Å². The smallest absolute Gasteiger partial charge is 0.0144 e. The predicted octanol–water partition coefficient (Wildman–Crippen LogP) is 4.21. The van der Waals surface area contributed by atoms with E-state index in [9.17, 15) is 0 Å². The van der Waals surface area contributed by atoms with Crippen molar-refractivity contribution in [2.45, 2.75) is 44.1 Å².